The summed E-state index contributed by atoms with van der Waals surface area (Å²) in [5.74, 6) is -2.64. The van der Waals surface area contributed by atoms with E-state index in [1.54, 1.807) is 17.3 Å². The van der Waals surface area contributed by atoms with Crippen molar-refractivity contribution in [3.63, 3.8) is 0 Å². The zero-order valence-electron chi connectivity index (χ0n) is 29.8. The summed E-state index contributed by atoms with van der Waals surface area (Å²) >= 11 is 0. The maximum Gasteiger partial charge on any atom is 0.258 e. The molecule has 0 bridgehead atoms. The fourth-order valence-corrected chi connectivity index (χ4v) is 6.89. The van der Waals surface area contributed by atoms with E-state index in [1.807, 2.05) is 54.6 Å². The first-order valence-corrected chi connectivity index (χ1v) is 17.7. The largest absolute Gasteiger partial charge is 0.491 e. The molecule has 276 valence electrons. The predicted octanol–water partition coefficient (Wildman–Crippen LogP) is 3.48. The molecule has 0 unspecified atom stereocenters. The van der Waals surface area contributed by atoms with Gasteiger partial charge in [-0.05, 0) is 77.6 Å². The van der Waals surface area contributed by atoms with Crippen LogP contribution in [0, 0.1) is 5.82 Å². The molecule has 1 aromatic heterocycles. The van der Waals surface area contributed by atoms with Gasteiger partial charge in [-0.25, -0.2) is 4.39 Å². The number of aryl methyl sites for hydroxylation is 1. The number of rotatable bonds is 7. The van der Waals surface area contributed by atoms with E-state index in [-0.39, 0.29) is 80.6 Å². The van der Waals surface area contributed by atoms with E-state index in [2.05, 4.69) is 15.6 Å². The average molecular weight is 723 g/mol. The summed E-state index contributed by atoms with van der Waals surface area (Å²) in [5, 5.41) is 8.00. The zero-order chi connectivity index (χ0) is 37.5. The van der Waals surface area contributed by atoms with Gasteiger partial charge in [-0.3, -0.25) is 29.0 Å². The number of ether oxygens (including phenoxy) is 1. The molecular weight excluding hydrogens is 679 g/mol. The molecule has 12 nitrogen and oxygen atoms in total. The average Bonchev–Trinajstić information content (AvgIpc) is 3.57. The maximum absolute atomic E-state index is 14.7. The highest BCUT2D eigenvalue weighted by Crippen LogP contribution is 2.26. The van der Waals surface area contributed by atoms with Crippen LogP contribution in [0.15, 0.2) is 85.2 Å². The Balaban J connectivity index is 1.19. The van der Waals surface area contributed by atoms with E-state index in [0.29, 0.717) is 12.8 Å². The Labute approximate surface area is 307 Å². The molecule has 0 saturated carbocycles. The molecule has 0 spiro atoms. The van der Waals surface area contributed by atoms with E-state index < -0.39 is 29.7 Å². The van der Waals surface area contributed by atoms with Crippen LogP contribution in [0.3, 0.4) is 0 Å². The highest BCUT2D eigenvalue weighted by atomic mass is 19.1. The molecule has 53 heavy (non-hydrogen) atoms. The van der Waals surface area contributed by atoms with Crippen molar-refractivity contribution in [2.24, 2.45) is 0 Å². The Morgan fingerprint density at radius 1 is 0.925 bits per heavy atom. The Kier molecular flexibility index (Phi) is 11.6. The summed E-state index contributed by atoms with van der Waals surface area (Å²) in [5.41, 5.74) is 1.73. The Morgan fingerprint density at radius 3 is 2.49 bits per heavy atom. The number of nitrogens with zero attached hydrogens (tertiary/aromatic N) is 4. The van der Waals surface area contributed by atoms with Gasteiger partial charge in [0.15, 0.2) is 0 Å². The minimum Gasteiger partial charge on any atom is -0.491 e. The van der Waals surface area contributed by atoms with Crippen molar-refractivity contribution in [2.45, 2.75) is 56.8 Å². The topological polar surface area (TPSA) is 141 Å². The number of likely N-dealkylation sites (N-methyl/N-ethyl adjacent to an activating group) is 2. The number of nitrogens with one attached hydrogen (secondary N) is 2. The van der Waals surface area contributed by atoms with Crippen LogP contribution in [0.5, 0.6) is 5.75 Å². The first kappa shape index (κ1) is 36.9. The van der Waals surface area contributed by atoms with Crippen molar-refractivity contribution in [3.05, 3.63) is 108 Å². The lowest BCUT2D eigenvalue weighted by molar-refractivity contribution is -0.140. The number of carbonyl (C=O) groups excluding carboxylic acids is 5. The van der Waals surface area contributed by atoms with E-state index >= 15 is 0 Å². The van der Waals surface area contributed by atoms with Gasteiger partial charge in [0, 0.05) is 58.5 Å². The lowest BCUT2D eigenvalue weighted by atomic mass is 10.0. The molecule has 2 N–H and O–H groups in total. The van der Waals surface area contributed by atoms with Gasteiger partial charge in [0.1, 0.15) is 24.2 Å². The highest BCUT2D eigenvalue weighted by molar-refractivity contribution is 5.99. The van der Waals surface area contributed by atoms with Gasteiger partial charge in [-0.2, -0.15) is 0 Å². The summed E-state index contributed by atoms with van der Waals surface area (Å²) < 4.78 is 20.8. The van der Waals surface area contributed by atoms with Gasteiger partial charge in [0.2, 0.25) is 23.6 Å². The van der Waals surface area contributed by atoms with Crippen LogP contribution in [0.2, 0.25) is 0 Å². The lowest BCUT2D eigenvalue weighted by Gasteiger charge is -2.28. The summed E-state index contributed by atoms with van der Waals surface area (Å²) in [7, 11) is 2.95. The molecule has 2 aliphatic rings. The molecule has 6 rings (SSSR count). The van der Waals surface area contributed by atoms with Gasteiger partial charge in [0.25, 0.3) is 5.91 Å². The molecular formula is C40H43FN6O6. The molecule has 3 atom stereocenters. The SMILES string of the molecule is CN1CC(=O)N2C[C@@H](NC(=O)CCc3ccncc3)C[C@H]2COc2ccc(F)cc2C(=O)N(C)[C@@H](C(=O)NCc2ccc3ccccc3c2)CCC1=O. The number of aromatic nitrogens is 1. The molecule has 5 amide bonds. The standard InChI is InChI=1S/C40H43FN6O6/c1-45-24-38(50)47-23-31(44-36(48)13-8-26-15-17-42-18-16-26)21-32(47)25-53-35-12-10-30(41)20-33(35)40(52)46(2)34(11-14-37(45)49)39(51)43-22-27-7-9-28-5-3-4-6-29(28)19-27/h3-7,9-10,12,15-20,31-32,34H,8,11,13-14,21-25H2,1-2H3,(H,43,51)(H,44,48)/t31-,32-,34+/m0/s1. The summed E-state index contributed by atoms with van der Waals surface area (Å²) in [4.78, 5) is 75.8. The van der Waals surface area contributed by atoms with Crippen LogP contribution >= 0.6 is 0 Å². The van der Waals surface area contributed by atoms with Crippen LogP contribution in [-0.4, -0.2) is 101 Å². The molecule has 3 aromatic carbocycles. The minimum atomic E-state index is -1.09. The van der Waals surface area contributed by atoms with Crippen molar-refractivity contribution < 1.29 is 33.1 Å². The van der Waals surface area contributed by atoms with Gasteiger partial charge < -0.3 is 30.1 Å². The number of halogens is 1. The fourth-order valence-electron chi connectivity index (χ4n) is 6.89. The second-order valence-corrected chi connectivity index (χ2v) is 13.6. The number of hydrogen-bond acceptors (Lipinski definition) is 7. The van der Waals surface area contributed by atoms with Crippen LogP contribution in [0.4, 0.5) is 4.39 Å². The third-order valence-corrected chi connectivity index (χ3v) is 9.89. The number of fused-ring (bicyclic) bond motifs is 3. The lowest BCUT2D eigenvalue weighted by Crippen LogP contribution is -2.48. The van der Waals surface area contributed by atoms with Gasteiger partial charge in [-0.15, -0.1) is 0 Å². The number of amides is 5. The van der Waals surface area contributed by atoms with Crippen LogP contribution in [0.1, 0.15) is 47.2 Å². The third-order valence-electron chi connectivity index (χ3n) is 9.89. The fraction of sp³-hybridized carbons (Fsp3) is 0.350. The zero-order valence-corrected chi connectivity index (χ0v) is 29.8. The van der Waals surface area contributed by atoms with Crippen LogP contribution < -0.4 is 15.4 Å². The van der Waals surface area contributed by atoms with Crippen molar-refractivity contribution in [1.82, 2.24) is 30.3 Å². The maximum atomic E-state index is 14.7. The molecule has 4 aromatic rings. The first-order valence-electron chi connectivity index (χ1n) is 17.7. The predicted molar refractivity (Wildman–Crippen MR) is 195 cm³/mol. The molecule has 1 fully saturated rings. The number of benzene rings is 3. The Morgan fingerprint density at radius 2 is 1.70 bits per heavy atom. The third kappa shape index (κ3) is 9.15. The summed E-state index contributed by atoms with van der Waals surface area (Å²) in [6, 6.07) is 19.0. The number of pyridine rings is 1. The quantitative estimate of drug-likeness (QED) is 0.298. The van der Waals surface area contributed by atoms with Gasteiger partial charge in [0.05, 0.1) is 18.2 Å². The van der Waals surface area contributed by atoms with Crippen molar-refractivity contribution >= 4 is 40.3 Å². The Hall–Kier alpha value is -5.85. The smallest absolute Gasteiger partial charge is 0.258 e. The van der Waals surface area contributed by atoms with E-state index in [0.717, 1.165) is 28.0 Å². The van der Waals surface area contributed by atoms with E-state index in [4.69, 9.17) is 4.74 Å². The van der Waals surface area contributed by atoms with Crippen molar-refractivity contribution in [2.75, 3.05) is 33.8 Å². The van der Waals surface area contributed by atoms with Crippen molar-refractivity contribution in [3.8, 4) is 5.75 Å². The van der Waals surface area contributed by atoms with E-state index in [9.17, 15) is 28.4 Å². The summed E-state index contributed by atoms with van der Waals surface area (Å²) in [6.45, 7) is 0.0983. The van der Waals surface area contributed by atoms with Crippen LogP contribution in [0.25, 0.3) is 10.8 Å². The van der Waals surface area contributed by atoms with Crippen molar-refractivity contribution in [1.29, 1.82) is 0 Å². The number of carbonyl (C=O) groups is 5. The molecule has 13 heteroatoms. The van der Waals surface area contributed by atoms with Gasteiger partial charge >= 0.3 is 0 Å². The summed E-state index contributed by atoms with van der Waals surface area (Å²) in [6.07, 6.45) is 4.31. The molecule has 2 aliphatic heterocycles. The molecule has 1 saturated heterocycles. The Bertz CT molecular complexity index is 1990. The highest BCUT2D eigenvalue weighted by Gasteiger charge is 2.38. The minimum absolute atomic E-state index is 0.0470. The second kappa shape index (κ2) is 16.7. The number of hydrogen-bond donors (Lipinski definition) is 2. The molecule has 3 heterocycles. The van der Waals surface area contributed by atoms with Crippen LogP contribution in [-0.2, 0) is 32.1 Å². The normalized spacial score (nSPS) is 19.9. The monoisotopic (exact) mass is 722 g/mol. The van der Waals surface area contributed by atoms with Gasteiger partial charge in [-0.1, -0.05) is 36.4 Å². The van der Waals surface area contributed by atoms with E-state index in [1.165, 1.54) is 36.0 Å². The first-order chi connectivity index (χ1) is 25.5. The second-order valence-electron chi connectivity index (χ2n) is 13.6. The molecule has 0 radical (unpaired) electrons. The molecule has 0 aliphatic carbocycles.